The molecule has 0 atom stereocenters. The molecule has 82 valence electrons. The minimum absolute atomic E-state index is 0.489. The molecule has 0 N–H and O–H groups in total. The maximum Gasteiger partial charge on any atom is 0.0607 e. The van der Waals surface area contributed by atoms with E-state index in [1.807, 2.05) is 24.3 Å². The molecular formula is C13H9Cl3. The molecule has 0 aliphatic rings. The Kier molecular flexibility index (Phi) is 3.75. The predicted octanol–water partition coefficient (Wildman–Crippen LogP) is 5.24. The van der Waals surface area contributed by atoms with Crippen LogP contribution in [0.15, 0.2) is 42.5 Å². The van der Waals surface area contributed by atoms with Crippen LogP contribution in [0, 0.1) is 0 Å². The molecular weight excluding hydrogens is 263 g/mol. The van der Waals surface area contributed by atoms with Gasteiger partial charge in [-0.25, -0.2) is 0 Å². The van der Waals surface area contributed by atoms with Gasteiger partial charge in [0, 0.05) is 5.02 Å². The molecule has 0 spiro atoms. The summed E-state index contributed by atoms with van der Waals surface area (Å²) in [5.74, 6) is 0. The van der Waals surface area contributed by atoms with Crippen molar-refractivity contribution >= 4 is 34.8 Å². The van der Waals surface area contributed by atoms with Crippen LogP contribution in [0.4, 0.5) is 0 Å². The fourth-order valence-corrected chi connectivity index (χ4v) is 2.15. The second-order valence-electron chi connectivity index (χ2n) is 3.52. The maximum atomic E-state index is 6.11. The second-order valence-corrected chi connectivity index (χ2v) is 4.74. The van der Waals surface area contributed by atoms with Crippen molar-refractivity contribution in [2.75, 3.05) is 0 Å². The van der Waals surface area contributed by atoms with Crippen LogP contribution in [0.25, 0.3) is 0 Å². The average molecular weight is 272 g/mol. The van der Waals surface area contributed by atoms with Gasteiger partial charge in [-0.1, -0.05) is 65.1 Å². The molecule has 0 aromatic heterocycles. The van der Waals surface area contributed by atoms with Crippen molar-refractivity contribution in [2.24, 2.45) is 0 Å². The van der Waals surface area contributed by atoms with E-state index >= 15 is 0 Å². The number of hydrogen-bond acceptors (Lipinski definition) is 0. The van der Waals surface area contributed by atoms with Crippen molar-refractivity contribution in [3.8, 4) is 0 Å². The highest BCUT2D eigenvalue weighted by Gasteiger charge is 2.06. The zero-order valence-electron chi connectivity index (χ0n) is 8.38. The first kappa shape index (κ1) is 11.8. The van der Waals surface area contributed by atoms with Crippen LogP contribution in [0.3, 0.4) is 0 Å². The summed E-state index contributed by atoms with van der Waals surface area (Å²) in [7, 11) is 0. The summed E-state index contributed by atoms with van der Waals surface area (Å²) in [6.45, 7) is 0. The van der Waals surface area contributed by atoms with Crippen LogP contribution in [0.5, 0.6) is 0 Å². The zero-order valence-corrected chi connectivity index (χ0v) is 10.7. The number of halogens is 3. The molecule has 0 saturated heterocycles. The minimum atomic E-state index is 0.489. The Morgan fingerprint density at radius 1 is 0.750 bits per heavy atom. The molecule has 0 bridgehead atoms. The first-order valence-electron chi connectivity index (χ1n) is 4.84. The largest absolute Gasteiger partial charge is 0.0840 e. The third-order valence-electron chi connectivity index (χ3n) is 2.33. The van der Waals surface area contributed by atoms with Gasteiger partial charge in [0.25, 0.3) is 0 Å². The highest BCUT2D eigenvalue weighted by molar-refractivity contribution is 6.43. The van der Waals surface area contributed by atoms with Crippen LogP contribution < -0.4 is 0 Å². The van der Waals surface area contributed by atoms with E-state index in [1.54, 1.807) is 6.07 Å². The Morgan fingerprint density at radius 3 is 2.06 bits per heavy atom. The van der Waals surface area contributed by atoms with Gasteiger partial charge in [-0.05, 0) is 29.7 Å². The van der Waals surface area contributed by atoms with E-state index in [0.29, 0.717) is 15.1 Å². The summed E-state index contributed by atoms with van der Waals surface area (Å²) in [5.41, 5.74) is 2.19. The van der Waals surface area contributed by atoms with Crippen LogP contribution in [0.1, 0.15) is 11.1 Å². The summed E-state index contributed by atoms with van der Waals surface area (Å²) < 4.78 is 0. The molecule has 0 saturated carbocycles. The van der Waals surface area contributed by atoms with Crippen LogP contribution in [-0.4, -0.2) is 0 Å². The van der Waals surface area contributed by atoms with Crippen LogP contribution >= 0.6 is 34.8 Å². The molecule has 0 heterocycles. The number of benzene rings is 2. The van der Waals surface area contributed by atoms with Gasteiger partial charge in [0.2, 0.25) is 0 Å². The molecule has 0 unspecified atom stereocenters. The molecule has 16 heavy (non-hydrogen) atoms. The zero-order chi connectivity index (χ0) is 11.5. The summed E-state index contributed by atoms with van der Waals surface area (Å²) in [6.07, 6.45) is 0.760. The fraction of sp³-hybridized carbons (Fsp3) is 0.0769. The van der Waals surface area contributed by atoms with Gasteiger partial charge in [-0.3, -0.25) is 0 Å². The Bertz CT molecular complexity index is 492. The molecule has 0 aliphatic carbocycles. The standard InChI is InChI=1S/C13H9Cl3/c14-11-8-13(16)12(15)7-10(11)6-9-4-2-1-3-5-9/h1-5,7-8H,6H2. The van der Waals surface area contributed by atoms with Crippen molar-refractivity contribution in [3.05, 3.63) is 68.7 Å². The predicted molar refractivity (Wildman–Crippen MR) is 70.7 cm³/mol. The van der Waals surface area contributed by atoms with E-state index in [-0.39, 0.29) is 0 Å². The van der Waals surface area contributed by atoms with Crippen molar-refractivity contribution in [2.45, 2.75) is 6.42 Å². The normalized spacial score (nSPS) is 10.4. The summed E-state index contributed by atoms with van der Waals surface area (Å²) in [4.78, 5) is 0. The smallest absolute Gasteiger partial charge is 0.0607 e. The summed E-state index contributed by atoms with van der Waals surface area (Å²) >= 11 is 17.9. The van der Waals surface area contributed by atoms with Crippen molar-refractivity contribution < 1.29 is 0 Å². The van der Waals surface area contributed by atoms with Gasteiger partial charge < -0.3 is 0 Å². The van der Waals surface area contributed by atoms with Crippen molar-refractivity contribution in [3.63, 3.8) is 0 Å². The molecule has 0 fully saturated rings. The fourth-order valence-electron chi connectivity index (χ4n) is 1.52. The first-order valence-corrected chi connectivity index (χ1v) is 5.97. The van der Waals surface area contributed by atoms with Gasteiger partial charge in [-0.2, -0.15) is 0 Å². The van der Waals surface area contributed by atoms with Crippen LogP contribution in [-0.2, 0) is 6.42 Å². The molecule has 3 heteroatoms. The lowest BCUT2D eigenvalue weighted by molar-refractivity contribution is 1.19. The molecule has 0 nitrogen and oxygen atoms in total. The van der Waals surface area contributed by atoms with Crippen LogP contribution in [0.2, 0.25) is 15.1 Å². The van der Waals surface area contributed by atoms with Gasteiger partial charge in [-0.15, -0.1) is 0 Å². The average Bonchev–Trinajstić information content (AvgIpc) is 2.27. The van der Waals surface area contributed by atoms with E-state index < -0.39 is 0 Å². The molecule has 0 amide bonds. The monoisotopic (exact) mass is 270 g/mol. The first-order chi connectivity index (χ1) is 7.66. The van der Waals surface area contributed by atoms with E-state index in [0.717, 1.165) is 12.0 Å². The number of hydrogen-bond donors (Lipinski definition) is 0. The lowest BCUT2D eigenvalue weighted by atomic mass is 10.1. The molecule has 0 radical (unpaired) electrons. The Balaban J connectivity index is 2.32. The van der Waals surface area contributed by atoms with Gasteiger partial charge in [0.05, 0.1) is 10.0 Å². The third kappa shape index (κ3) is 2.70. The second kappa shape index (κ2) is 5.09. The van der Waals surface area contributed by atoms with Crippen molar-refractivity contribution in [1.29, 1.82) is 0 Å². The SMILES string of the molecule is Clc1cc(Cl)c(Cc2ccccc2)cc1Cl. The van der Waals surface area contributed by atoms with Gasteiger partial charge in [0.1, 0.15) is 0 Å². The maximum absolute atomic E-state index is 6.11. The quantitative estimate of drug-likeness (QED) is 0.655. The van der Waals surface area contributed by atoms with Gasteiger partial charge in [0.15, 0.2) is 0 Å². The van der Waals surface area contributed by atoms with E-state index in [4.69, 9.17) is 34.8 Å². The lowest BCUT2D eigenvalue weighted by Gasteiger charge is -2.06. The molecule has 2 rings (SSSR count). The molecule has 0 aliphatic heterocycles. The Morgan fingerprint density at radius 2 is 1.38 bits per heavy atom. The molecule has 2 aromatic carbocycles. The van der Waals surface area contributed by atoms with Crippen molar-refractivity contribution in [1.82, 2.24) is 0 Å². The Hall–Kier alpha value is -0.690. The summed E-state index contributed by atoms with van der Waals surface area (Å²) in [5, 5.41) is 1.68. The molecule has 2 aromatic rings. The van der Waals surface area contributed by atoms with E-state index in [1.165, 1.54) is 5.56 Å². The summed E-state index contributed by atoms with van der Waals surface area (Å²) in [6, 6.07) is 13.6. The topological polar surface area (TPSA) is 0 Å². The van der Waals surface area contributed by atoms with E-state index in [9.17, 15) is 0 Å². The highest BCUT2D eigenvalue weighted by atomic mass is 35.5. The van der Waals surface area contributed by atoms with E-state index in [2.05, 4.69) is 12.1 Å². The third-order valence-corrected chi connectivity index (χ3v) is 3.40. The minimum Gasteiger partial charge on any atom is -0.0840 e. The Labute approximate surface area is 110 Å². The number of rotatable bonds is 2. The van der Waals surface area contributed by atoms with Gasteiger partial charge >= 0.3 is 0 Å². The highest BCUT2D eigenvalue weighted by Crippen LogP contribution is 2.30. The lowest BCUT2D eigenvalue weighted by Crippen LogP contribution is -1.89.